The summed E-state index contributed by atoms with van der Waals surface area (Å²) in [6, 6.07) is 0. The zero-order valence-corrected chi connectivity index (χ0v) is 12.2. The Labute approximate surface area is 112 Å². The first-order valence-electron chi connectivity index (χ1n) is 7.03. The lowest BCUT2D eigenvalue weighted by molar-refractivity contribution is -0.139. The highest BCUT2D eigenvalue weighted by molar-refractivity contribution is 5.75. The van der Waals surface area contributed by atoms with E-state index >= 15 is 0 Å². The van der Waals surface area contributed by atoms with Crippen molar-refractivity contribution in [2.45, 2.75) is 58.3 Å². The van der Waals surface area contributed by atoms with Crippen LogP contribution < -0.4 is 0 Å². The van der Waals surface area contributed by atoms with Crippen LogP contribution in [0.25, 0.3) is 0 Å². The molecule has 0 atom stereocenters. The summed E-state index contributed by atoms with van der Waals surface area (Å²) in [6.07, 6.45) is 9.26. The number of carbonyl (C=O) groups excluding carboxylic acids is 1. The molecule has 18 heavy (non-hydrogen) atoms. The molecule has 0 rings (SSSR count). The average molecular weight is 259 g/mol. The summed E-state index contributed by atoms with van der Waals surface area (Å²) in [4.78, 5) is 13.3. The Morgan fingerprint density at radius 3 is 2.28 bits per heavy atom. The van der Waals surface area contributed by atoms with E-state index in [-0.39, 0.29) is 12.7 Å². The molecule has 0 aromatic carbocycles. The predicted molar refractivity (Wildman–Crippen MR) is 73.2 cm³/mol. The summed E-state index contributed by atoms with van der Waals surface area (Å²) < 4.78 is 9.88. The van der Waals surface area contributed by atoms with Crippen LogP contribution in [0.3, 0.4) is 0 Å². The van der Waals surface area contributed by atoms with E-state index in [9.17, 15) is 4.79 Å². The Bertz CT molecular complexity index is 197. The minimum atomic E-state index is 0.152. The number of carbonyl (C=O) groups is 1. The molecule has 0 aliphatic heterocycles. The number of rotatable bonds is 12. The van der Waals surface area contributed by atoms with Gasteiger partial charge in [-0.15, -0.1) is 0 Å². The first-order chi connectivity index (χ1) is 8.72. The number of amides is 1. The maximum Gasteiger partial charge on any atom is 0.224 e. The highest BCUT2D eigenvalue weighted by atomic mass is 16.7. The van der Waals surface area contributed by atoms with Crippen LogP contribution in [0.1, 0.15) is 58.3 Å². The molecule has 0 heterocycles. The van der Waals surface area contributed by atoms with Crippen molar-refractivity contribution in [3.8, 4) is 0 Å². The molecule has 0 aliphatic rings. The standard InChI is InChI=1S/C14H29NO3/c1-4-5-6-7-8-9-10-11-14(16)15(2)12-18-13-17-3/h4-13H2,1-3H3. The minimum Gasteiger partial charge on any atom is -0.359 e. The summed E-state index contributed by atoms with van der Waals surface area (Å²) in [5.41, 5.74) is 0. The molecule has 4 nitrogen and oxygen atoms in total. The third-order valence-electron chi connectivity index (χ3n) is 2.91. The fraction of sp³-hybridized carbons (Fsp3) is 0.929. The smallest absolute Gasteiger partial charge is 0.224 e. The van der Waals surface area contributed by atoms with E-state index in [4.69, 9.17) is 9.47 Å². The lowest BCUT2D eigenvalue weighted by atomic mass is 10.1. The van der Waals surface area contributed by atoms with Gasteiger partial charge in [-0.2, -0.15) is 0 Å². The van der Waals surface area contributed by atoms with Gasteiger partial charge in [0.25, 0.3) is 0 Å². The molecule has 0 saturated carbocycles. The molecular formula is C14H29NO3. The number of methoxy groups -OCH3 is 1. The SMILES string of the molecule is CCCCCCCCCC(=O)N(C)COCOC. The normalized spacial score (nSPS) is 10.6. The first-order valence-corrected chi connectivity index (χ1v) is 7.03. The van der Waals surface area contributed by atoms with E-state index in [1.807, 2.05) is 0 Å². The molecule has 0 aliphatic carbocycles. The summed E-state index contributed by atoms with van der Waals surface area (Å²) >= 11 is 0. The van der Waals surface area contributed by atoms with Gasteiger partial charge in [-0.05, 0) is 6.42 Å². The second kappa shape index (κ2) is 12.8. The highest BCUT2D eigenvalue weighted by Gasteiger charge is 2.07. The highest BCUT2D eigenvalue weighted by Crippen LogP contribution is 2.09. The lowest BCUT2D eigenvalue weighted by Gasteiger charge is -2.16. The molecule has 4 heteroatoms. The average Bonchev–Trinajstić information content (AvgIpc) is 2.37. The summed E-state index contributed by atoms with van der Waals surface area (Å²) in [5, 5.41) is 0. The van der Waals surface area contributed by atoms with E-state index in [2.05, 4.69) is 6.92 Å². The van der Waals surface area contributed by atoms with E-state index < -0.39 is 0 Å². The van der Waals surface area contributed by atoms with Gasteiger partial charge in [0.15, 0.2) is 0 Å². The van der Waals surface area contributed by atoms with Crippen LogP contribution in [0.4, 0.5) is 0 Å². The molecule has 0 bridgehead atoms. The Morgan fingerprint density at radius 2 is 1.67 bits per heavy atom. The van der Waals surface area contributed by atoms with Crippen LogP contribution in [0.15, 0.2) is 0 Å². The van der Waals surface area contributed by atoms with Crippen molar-refractivity contribution in [3.63, 3.8) is 0 Å². The fourth-order valence-electron chi connectivity index (χ4n) is 1.75. The third-order valence-corrected chi connectivity index (χ3v) is 2.91. The van der Waals surface area contributed by atoms with Gasteiger partial charge < -0.3 is 14.4 Å². The first kappa shape index (κ1) is 17.4. The summed E-state index contributed by atoms with van der Waals surface area (Å²) in [7, 11) is 3.33. The van der Waals surface area contributed by atoms with E-state index in [1.165, 1.54) is 32.1 Å². The van der Waals surface area contributed by atoms with Crippen molar-refractivity contribution in [3.05, 3.63) is 0 Å². The van der Waals surface area contributed by atoms with Crippen LogP contribution in [0.2, 0.25) is 0 Å². The van der Waals surface area contributed by atoms with Crippen molar-refractivity contribution < 1.29 is 14.3 Å². The largest absolute Gasteiger partial charge is 0.359 e. The molecule has 0 unspecified atom stereocenters. The Hall–Kier alpha value is -0.610. The van der Waals surface area contributed by atoms with Crippen LogP contribution in [-0.2, 0) is 14.3 Å². The van der Waals surface area contributed by atoms with E-state index in [0.29, 0.717) is 13.2 Å². The van der Waals surface area contributed by atoms with Crippen LogP contribution in [0.5, 0.6) is 0 Å². The van der Waals surface area contributed by atoms with Gasteiger partial charge in [0.2, 0.25) is 5.91 Å². The fourth-order valence-corrected chi connectivity index (χ4v) is 1.75. The van der Waals surface area contributed by atoms with Crippen molar-refractivity contribution >= 4 is 5.91 Å². The van der Waals surface area contributed by atoms with Gasteiger partial charge in [0, 0.05) is 20.6 Å². The number of nitrogens with zero attached hydrogens (tertiary/aromatic N) is 1. The zero-order valence-electron chi connectivity index (χ0n) is 12.2. The topological polar surface area (TPSA) is 38.8 Å². The van der Waals surface area contributed by atoms with Crippen LogP contribution in [0, 0.1) is 0 Å². The van der Waals surface area contributed by atoms with E-state index in [1.54, 1.807) is 19.1 Å². The van der Waals surface area contributed by atoms with Gasteiger partial charge in [-0.25, -0.2) is 0 Å². The maximum absolute atomic E-state index is 11.7. The number of ether oxygens (including phenoxy) is 2. The molecule has 108 valence electrons. The molecule has 0 fully saturated rings. The van der Waals surface area contributed by atoms with Crippen molar-refractivity contribution in [2.75, 3.05) is 27.7 Å². The van der Waals surface area contributed by atoms with Gasteiger partial charge >= 0.3 is 0 Å². The van der Waals surface area contributed by atoms with Crippen molar-refractivity contribution in [2.24, 2.45) is 0 Å². The van der Waals surface area contributed by atoms with Crippen LogP contribution >= 0.6 is 0 Å². The Balaban J connectivity index is 3.35. The maximum atomic E-state index is 11.7. The van der Waals surface area contributed by atoms with Gasteiger partial charge in [-0.1, -0.05) is 45.4 Å². The van der Waals surface area contributed by atoms with E-state index in [0.717, 1.165) is 12.8 Å². The predicted octanol–water partition coefficient (Wildman–Crippen LogP) is 3.16. The number of hydrogen-bond donors (Lipinski definition) is 0. The van der Waals surface area contributed by atoms with Crippen molar-refractivity contribution in [1.82, 2.24) is 4.90 Å². The lowest BCUT2D eigenvalue weighted by Crippen LogP contribution is -2.29. The molecule has 0 radical (unpaired) electrons. The van der Waals surface area contributed by atoms with Crippen molar-refractivity contribution in [1.29, 1.82) is 0 Å². The quantitative estimate of drug-likeness (QED) is 0.399. The molecule has 0 aromatic heterocycles. The molecule has 0 saturated heterocycles. The summed E-state index contributed by atoms with van der Waals surface area (Å²) in [6.45, 7) is 2.76. The third kappa shape index (κ3) is 10.5. The monoisotopic (exact) mass is 259 g/mol. The zero-order chi connectivity index (χ0) is 13.6. The Morgan fingerprint density at radius 1 is 1.06 bits per heavy atom. The second-order valence-corrected chi connectivity index (χ2v) is 4.70. The minimum absolute atomic E-state index is 0.152. The Kier molecular flexibility index (Phi) is 12.4. The number of unbranched alkanes of at least 4 members (excludes halogenated alkanes) is 6. The number of hydrogen-bond acceptors (Lipinski definition) is 3. The van der Waals surface area contributed by atoms with Crippen LogP contribution in [-0.4, -0.2) is 38.5 Å². The molecular weight excluding hydrogens is 230 g/mol. The second-order valence-electron chi connectivity index (χ2n) is 4.70. The van der Waals surface area contributed by atoms with Gasteiger partial charge in [-0.3, -0.25) is 4.79 Å². The molecule has 0 spiro atoms. The summed E-state index contributed by atoms with van der Waals surface area (Å²) in [5.74, 6) is 0.152. The molecule has 0 N–H and O–H groups in total. The molecule has 1 amide bonds. The van der Waals surface area contributed by atoms with Gasteiger partial charge in [0.1, 0.15) is 13.5 Å². The molecule has 0 aromatic rings. The van der Waals surface area contributed by atoms with Gasteiger partial charge in [0.05, 0.1) is 0 Å².